The predicted molar refractivity (Wildman–Crippen MR) is 135 cm³/mol. The summed E-state index contributed by atoms with van der Waals surface area (Å²) in [5.41, 5.74) is 3.05. The molecule has 0 bridgehead atoms. The van der Waals surface area contributed by atoms with Gasteiger partial charge in [-0.15, -0.1) is 0 Å². The van der Waals surface area contributed by atoms with E-state index in [0.717, 1.165) is 56.3 Å². The average Bonchev–Trinajstić information content (AvgIpc) is 2.87. The Hall–Kier alpha value is -3.06. The van der Waals surface area contributed by atoms with Gasteiger partial charge in [-0.05, 0) is 88.0 Å². The normalized spacial score (nSPS) is 15.0. The fourth-order valence-electron chi connectivity index (χ4n) is 4.45. The Morgan fingerprint density at radius 1 is 1.06 bits per heavy atom. The quantitative estimate of drug-likeness (QED) is 0.392. The molecule has 1 unspecified atom stereocenters. The summed E-state index contributed by atoms with van der Waals surface area (Å²) >= 11 is 0. The van der Waals surface area contributed by atoms with E-state index in [-0.39, 0.29) is 24.3 Å². The number of nitrogens with zero attached hydrogens (tertiary/aromatic N) is 1. The topological polar surface area (TPSA) is 74.3 Å². The minimum absolute atomic E-state index is 0.0659. The van der Waals surface area contributed by atoms with E-state index in [9.17, 15) is 9.59 Å². The number of carbonyl (C=O) groups excluding carboxylic acids is 2. The summed E-state index contributed by atoms with van der Waals surface area (Å²) in [6.07, 6.45) is 4.57. The highest BCUT2D eigenvalue weighted by atomic mass is 16.6. The number of aryl methyl sites for hydroxylation is 1. The van der Waals surface area contributed by atoms with Crippen molar-refractivity contribution in [2.45, 2.75) is 39.0 Å². The van der Waals surface area contributed by atoms with E-state index in [1.165, 1.54) is 5.56 Å². The molecule has 0 aromatic heterocycles. The summed E-state index contributed by atoms with van der Waals surface area (Å²) < 4.78 is 21.1. The van der Waals surface area contributed by atoms with E-state index >= 15 is 0 Å². The van der Waals surface area contributed by atoms with Crippen molar-refractivity contribution in [2.75, 3.05) is 47.6 Å². The van der Waals surface area contributed by atoms with Crippen LogP contribution in [0.15, 0.2) is 36.4 Å². The van der Waals surface area contributed by atoms with Crippen LogP contribution in [-0.4, -0.2) is 64.2 Å². The van der Waals surface area contributed by atoms with Crippen molar-refractivity contribution < 1.29 is 28.5 Å². The Morgan fingerprint density at radius 2 is 1.77 bits per heavy atom. The molecule has 0 radical (unpaired) electrons. The molecule has 7 heteroatoms. The van der Waals surface area contributed by atoms with Gasteiger partial charge in [0, 0.05) is 18.0 Å². The summed E-state index contributed by atoms with van der Waals surface area (Å²) in [6, 6.07) is 11.6. The number of fused-ring (bicyclic) bond motifs is 1. The molecule has 0 saturated heterocycles. The van der Waals surface area contributed by atoms with Crippen LogP contribution < -0.4 is 14.2 Å². The van der Waals surface area contributed by atoms with Crippen LogP contribution in [0, 0.1) is 5.92 Å². The van der Waals surface area contributed by atoms with Crippen LogP contribution in [-0.2, 0) is 22.4 Å². The van der Waals surface area contributed by atoms with Crippen LogP contribution in [0.25, 0.3) is 0 Å². The number of Topliss-reactive ketones (excluding diaryl/α,β-unsaturated/α-hetero) is 1. The van der Waals surface area contributed by atoms with Crippen molar-refractivity contribution in [3.63, 3.8) is 0 Å². The second kappa shape index (κ2) is 13.1. The van der Waals surface area contributed by atoms with Crippen LogP contribution in [0.3, 0.4) is 0 Å². The van der Waals surface area contributed by atoms with E-state index in [1.54, 1.807) is 21.1 Å². The highest BCUT2D eigenvalue weighted by Gasteiger charge is 2.28. The van der Waals surface area contributed by atoms with Gasteiger partial charge in [-0.1, -0.05) is 12.1 Å². The molecule has 0 N–H and O–H groups in total. The molecule has 0 amide bonds. The van der Waals surface area contributed by atoms with Crippen molar-refractivity contribution >= 4 is 11.8 Å². The van der Waals surface area contributed by atoms with Gasteiger partial charge in [-0.2, -0.15) is 0 Å². The zero-order valence-corrected chi connectivity index (χ0v) is 21.3. The van der Waals surface area contributed by atoms with Gasteiger partial charge in [0.05, 0.1) is 20.8 Å². The van der Waals surface area contributed by atoms with Crippen LogP contribution in [0.2, 0.25) is 0 Å². The van der Waals surface area contributed by atoms with Gasteiger partial charge >= 0.3 is 5.97 Å². The first-order chi connectivity index (χ1) is 16.9. The number of esters is 1. The van der Waals surface area contributed by atoms with Gasteiger partial charge in [0.1, 0.15) is 5.75 Å². The molecular formula is C28H37NO6. The minimum Gasteiger partial charge on any atom is -0.493 e. The number of ketones is 1. The number of likely N-dealkylation sites (N-methyl/N-ethyl adjacent to an activating group) is 1. The lowest BCUT2D eigenvalue weighted by Gasteiger charge is -2.25. The molecule has 1 atom stereocenters. The molecule has 190 valence electrons. The van der Waals surface area contributed by atoms with Crippen molar-refractivity contribution in [1.29, 1.82) is 0 Å². The fourth-order valence-corrected chi connectivity index (χ4v) is 4.45. The van der Waals surface area contributed by atoms with Crippen LogP contribution >= 0.6 is 0 Å². The smallest absolute Gasteiger partial charge is 0.344 e. The molecular weight excluding hydrogens is 446 g/mol. The maximum atomic E-state index is 13.1. The summed E-state index contributed by atoms with van der Waals surface area (Å²) in [7, 11) is 5.33. The third-order valence-corrected chi connectivity index (χ3v) is 6.47. The molecule has 0 spiro atoms. The summed E-state index contributed by atoms with van der Waals surface area (Å²) in [5.74, 6) is 1.87. The minimum atomic E-state index is -0.364. The first-order valence-corrected chi connectivity index (χ1v) is 12.3. The Morgan fingerprint density at radius 3 is 2.46 bits per heavy atom. The number of ether oxygens (including phenoxy) is 4. The first-order valence-electron chi connectivity index (χ1n) is 12.3. The Labute approximate surface area is 208 Å². The Balaban J connectivity index is 1.40. The highest BCUT2D eigenvalue weighted by Crippen LogP contribution is 2.36. The maximum absolute atomic E-state index is 13.1. The van der Waals surface area contributed by atoms with Crippen LogP contribution in [0.1, 0.15) is 47.7 Å². The van der Waals surface area contributed by atoms with Gasteiger partial charge in [0.2, 0.25) is 0 Å². The second-order valence-corrected chi connectivity index (χ2v) is 8.90. The monoisotopic (exact) mass is 483 g/mol. The molecule has 1 aliphatic carbocycles. The molecule has 0 aliphatic heterocycles. The number of hydrogen-bond acceptors (Lipinski definition) is 7. The number of hydrogen-bond donors (Lipinski definition) is 0. The SMILES string of the molecule is CCOC(=O)COc1ccc(CCN(C)CCCC2CCc3cc(OC)c(OC)cc3C2=O)cc1. The van der Waals surface area contributed by atoms with Crippen molar-refractivity contribution in [3.8, 4) is 17.2 Å². The van der Waals surface area contributed by atoms with Crippen molar-refractivity contribution in [1.82, 2.24) is 4.90 Å². The first kappa shape index (κ1) is 26.5. The third-order valence-electron chi connectivity index (χ3n) is 6.47. The van der Waals surface area contributed by atoms with Crippen molar-refractivity contribution in [2.24, 2.45) is 5.92 Å². The molecule has 3 rings (SSSR count). The zero-order chi connectivity index (χ0) is 25.2. The fraction of sp³-hybridized carbons (Fsp3) is 0.500. The zero-order valence-electron chi connectivity index (χ0n) is 21.3. The summed E-state index contributed by atoms with van der Waals surface area (Å²) in [4.78, 5) is 26.8. The summed E-state index contributed by atoms with van der Waals surface area (Å²) in [5, 5.41) is 0. The standard InChI is InChI=1S/C28H37NO6/c1-5-34-27(30)19-35-23-12-8-20(9-13-23)14-16-29(2)15-6-7-21-10-11-22-17-25(32-3)26(33-4)18-24(22)28(21)31/h8-9,12-13,17-18,21H,5-7,10-11,14-16,19H2,1-4H3. The number of rotatable bonds is 13. The average molecular weight is 484 g/mol. The largest absolute Gasteiger partial charge is 0.493 e. The third kappa shape index (κ3) is 7.46. The van der Waals surface area contributed by atoms with E-state index in [1.807, 2.05) is 36.4 Å². The van der Waals surface area contributed by atoms with E-state index in [4.69, 9.17) is 18.9 Å². The molecule has 2 aromatic rings. The van der Waals surface area contributed by atoms with Gasteiger partial charge in [0.15, 0.2) is 23.9 Å². The number of carbonyl (C=O) groups is 2. The number of methoxy groups -OCH3 is 2. The number of benzene rings is 2. The van der Waals surface area contributed by atoms with Crippen LogP contribution in [0.4, 0.5) is 0 Å². The predicted octanol–water partition coefficient (Wildman–Crippen LogP) is 4.35. The van der Waals surface area contributed by atoms with Gasteiger partial charge in [-0.3, -0.25) is 4.79 Å². The van der Waals surface area contributed by atoms with E-state index < -0.39 is 0 Å². The van der Waals surface area contributed by atoms with Gasteiger partial charge < -0.3 is 23.8 Å². The molecule has 0 heterocycles. The Kier molecular flexibility index (Phi) is 9.97. The van der Waals surface area contributed by atoms with Crippen LogP contribution in [0.5, 0.6) is 17.2 Å². The van der Waals surface area contributed by atoms with E-state index in [2.05, 4.69) is 11.9 Å². The molecule has 7 nitrogen and oxygen atoms in total. The lowest BCUT2D eigenvalue weighted by atomic mass is 9.80. The molecule has 35 heavy (non-hydrogen) atoms. The van der Waals surface area contributed by atoms with E-state index in [0.29, 0.717) is 23.9 Å². The van der Waals surface area contributed by atoms with Gasteiger partial charge in [-0.25, -0.2) is 4.79 Å². The lowest BCUT2D eigenvalue weighted by molar-refractivity contribution is -0.145. The lowest BCUT2D eigenvalue weighted by Crippen LogP contribution is -2.26. The maximum Gasteiger partial charge on any atom is 0.344 e. The highest BCUT2D eigenvalue weighted by molar-refractivity contribution is 6.00. The summed E-state index contributed by atoms with van der Waals surface area (Å²) in [6.45, 7) is 3.93. The Bertz CT molecular complexity index is 988. The molecule has 0 fully saturated rings. The van der Waals surface area contributed by atoms with Gasteiger partial charge in [0.25, 0.3) is 0 Å². The second-order valence-electron chi connectivity index (χ2n) is 8.90. The molecule has 1 aliphatic rings. The molecule has 0 saturated carbocycles. The van der Waals surface area contributed by atoms with Crippen molar-refractivity contribution in [3.05, 3.63) is 53.1 Å². The molecule has 2 aromatic carbocycles.